The number of hydrogen-bond acceptors (Lipinski definition) is 4. The van der Waals surface area contributed by atoms with E-state index in [9.17, 15) is 0 Å². The Balaban J connectivity index is 1.63. The minimum absolute atomic E-state index is 0.164. The highest BCUT2D eigenvalue weighted by atomic mass is 35.5. The molecule has 0 aliphatic rings. The maximum Gasteiger partial charge on any atom is 0.226 e. The van der Waals surface area contributed by atoms with Crippen molar-refractivity contribution in [3.63, 3.8) is 0 Å². The van der Waals surface area contributed by atoms with Gasteiger partial charge in [0.1, 0.15) is 12.0 Å². The molecule has 23 heavy (non-hydrogen) atoms. The van der Waals surface area contributed by atoms with E-state index in [-0.39, 0.29) is 12.4 Å². The van der Waals surface area contributed by atoms with Gasteiger partial charge < -0.3 is 15.0 Å². The molecule has 0 bridgehead atoms. The first-order chi connectivity index (χ1) is 11.2. The van der Waals surface area contributed by atoms with E-state index in [4.69, 9.17) is 26.6 Å². The molecule has 0 atom stereocenters. The molecule has 0 saturated heterocycles. The van der Waals surface area contributed by atoms with Crippen molar-refractivity contribution < 1.29 is 9.25 Å². The van der Waals surface area contributed by atoms with Crippen LogP contribution in [-0.2, 0) is 11.4 Å². The van der Waals surface area contributed by atoms with Crippen LogP contribution in [-0.4, -0.2) is 10.8 Å². The Kier molecular flexibility index (Phi) is 4.59. The van der Waals surface area contributed by atoms with E-state index in [0.29, 0.717) is 22.2 Å². The Morgan fingerprint density at radius 3 is 2.78 bits per heavy atom. The second-order valence-electron chi connectivity index (χ2n) is 4.77. The summed E-state index contributed by atoms with van der Waals surface area (Å²) in [5.74, 6) is 0.787. The van der Waals surface area contributed by atoms with Gasteiger partial charge in [0.15, 0.2) is 12.4 Å². The lowest BCUT2D eigenvalue weighted by molar-refractivity contribution is 0.127. The number of aromatic nitrogens is 1. The molecule has 0 fully saturated rings. The lowest BCUT2D eigenvalue weighted by Crippen LogP contribution is -2.13. The van der Waals surface area contributed by atoms with Crippen molar-refractivity contribution in [3.8, 4) is 11.5 Å². The van der Waals surface area contributed by atoms with Gasteiger partial charge in [0.05, 0.1) is 0 Å². The average molecular weight is 328 g/mol. The third-order valence-electron chi connectivity index (χ3n) is 3.07. The number of oxazole rings is 1. The summed E-state index contributed by atoms with van der Waals surface area (Å²) >= 11 is 5.91. The fourth-order valence-corrected chi connectivity index (χ4v) is 2.15. The van der Waals surface area contributed by atoms with Crippen molar-refractivity contribution in [3.05, 3.63) is 77.1 Å². The first kappa shape index (κ1) is 15.1. The molecule has 116 valence electrons. The number of nitrogens with two attached hydrogens (primary N) is 1. The summed E-state index contributed by atoms with van der Waals surface area (Å²) < 4.78 is 5.42. The summed E-state index contributed by atoms with van der Waals surface area (Å²) in [5, 5.41) is 4.45. The second-order valence-corrected chi connectivity index (χ2v) is 5.21. The molecule has 6 heteroatoms. The van der Waals surface area contributed by atoms with Gasteiger partial charge in [-0.05, 0) is 24.3 Å². The molecule has 2 aromatic carbocycles. The highest BCUT2D eigenvalue weighted by molar-refractivity contribution is 6.31. The fourth-order valence-electron chi connectivity index (χ4n) is 1.96. The van der Waals surface area contributed by atoms with Gasteiger partial charge in [-0.15, -0.1) is 0 Å². The number of amidine groups is 1. The predicted molar refractivity (Wildman–Crippen MR) is 88.9 cm³/mol. The molecule has 0 unspecified atom stereocenters. The number of halogens is 1. The summed E-state index contributed by atoms with van der Waals surface area (Å²) in [6, 6.07) is 16.7. The van der Waals surface area contributed by atoms with Crippen molar-refractivity contribution in [2.24, 2.45) is 10.9 Å². The summed E-state index contributed by atoms with van der Waals surface area (Å²) in [7, 11) is 0. The minimum Gasteiger partial charge on any atom is -0.444 e. The Bertz CT molecular complexity index is 815. The first-order valence-corrected chi connectivity index (χ1v) is 7.31. The molecule has 0 amide bonds. The third kappa shape index (κ3) is 3.90. The van der Waals surface area contributed by atoms with E-state index in [0.717, 1.165) is 5.56 Å². The third-order valence-corrected chi connectivity index (χ3v) is 3.30. The van der Waals surface area contributed by atoms with Crippen LogP contribution in [0.25, 0.3) is 11.5 Å². The zero-order chi connectivity index (χ0) is 16.1. The number of hydrogen-bond donors (Lipinski definition) is 1. The summed E-state index contributed by atoms with van der Waals surface area (Å²) in [4.78, 5) is 9.56. The minimum atomic E-state index is 0.164. The Morgan fingerprint density at radius 2 is 2.00 bits per heavy atom. The molecule has 0 aliphatic heterocycles. The smallest absolute Gasteiger partial charge is 0.226 e. The van der Waals surface area contributed by atoms with Crippen LogP contribution in [0.3, 0.4) is 0 Å². The maximum absolute atomic E-state index is 5.91. The van der Waals surface area contributed by atoms with E-state index in [1.807, 2.05) is 30.3 Å². The van der Waals surface area contributed by atoms with Gasteiger partial charge >= 0.3 is 0 Å². The van der Waals surface area contributed by atoms with Crippen LogP contribution in [0.5, 0.6) is 0 Å². The zero-order valence-electron chi connectivity index (χ0n) is 12.1. The molecule has 0 aliphatic carbocycles. The highest BCUT2D eigenvalue weighted by Gasteiger charge is 2.06. The topological polar surface area (TPSA) is 73.6 Å². The molecule has 0 radical (unpaired) electrons. The van der Waals surface area contributed by atoms with Gasteiger partial charge in [-0.25, -0.2) is 4.98 Å². The van der Waals surface area contributed by atoms with E-state index < -0.39 is 0 Å². The zero-order valence-corrected chi connectivity index (χ0v) is 12.9. The molecule has 0 spiro atoms. The van der Waals surface area contributed by atoms with Gasteiger partial charge in [-0.3, -0.25) is 0 Å². The van der Waals surface area contributed by atoms with Crippen molar-refractivity contribution in [2.45, 2.75) is 6.61 Å². The van der Waals surface area contributed by atoms with Crippen LogP contribution >= 0.6 is 11.6 Å². The van der Waals surface area contributed by atoms with Crippen LogP contribution in [0, 0.1) is 0 Å². The number of oxime groups is 1. The number of nitrogens with zero attached hydrogens (tertiary/aromatic N) is 2. The van der Waals surface area contributed by atoms with Gasteiger partial charge in [0, 0.05) is 16.1 Å². The first-order valence-electron chi connectivity index (χ1n) is 6.93. The Labute approximate surface area is 138 Å². The number of rotatable bonds is 5. The van der Waals surface area contributed by atoms with Crippen LogP contribution in [0.2, 0.25) is 5.02 Å². The highest BCUT2D eigenvalue weighted by Crippen LogP contribution is 2.18. The van der Waals surface area contributed by atoms with E-state index in [1.165, 1.54) is 6.26 Å². The standard InChI is InChI=1S/C17H14ClN3O2/c18-14-8-4-7-13(9-14)16(19)21-23-11-15-10-22-17(20-15)12-5-2-1-3-6-12/h1-10H,11H2,(H2,19,21). The lowest BCUT2D eigenvalue weighted by atomic mass is 10.2. The molecular weight excluding hydrogens is 314 g/mol. The second kappa shape index (κ2) is 6.98. The Morgan fingerprint density at radius 1 is 1.17 bits per heavy atom. The predicted octanol–water partition coefficient (Wildman–Crippen LogP) is 3.83. The average Bonchev–Trinajstić information content (AvgIpc) is 3.04. The quantitative estimate of drug-likeness (QED) is 0.439. The van der Waals surface area contributed by atoms with Gasteiger partial charge in [-0.2, -0.15) is 0 Å². The van der Waals surface area contributed by atoms with Crippen molar-refractivity contribution >= 4 is 17.4 Å². The van der Waals surface area contributed by atoms with Crippen LogP contribution in [0.1, 0.15) is 11.3 Å². The van der Waals surface area contributed by atoms with Gasteiger partial charge in [0.25, 0.3) is 0 Å². The van der Waals surface area contributed by atoms with Crippen molar-refractivity contribution in [1.82, 2.24) is 4.98 Å². The van der Waals surface area contributed by atoms with E-state index in [2.05, 4.69) is 10.1 Å². The molecule has 0 saturated carbocycles. The molecule has 5 nitrogen and oxygen atoms in total. The number of benzene rings is 2. The summed E-state index contributed by atoms with van der Waals surface area (Å²) in [5.41, 5.74) is 8.08. The van der Waals surface area contributed by atoms with Crippen molar-refractivity contribution in [1.29, 1.82) is 0 Å². The van der Waals surface area contributed by atoms with Crippen molar-refractivity contribution in [2.75, 3.05) is 0 Å². The van der Waals surface area contributed by atoms with Gasteiger partial charge in [0.2, 0.25) is 5.89 Å². The Hall–Kier alpha value is -2.79. The molecule has 1 heterocycles. The molecule has 2 N–H and O–H groups in total. The molecular formula is C17H14ClN3O2. The lowest BCUT2D eigenvalue weighted by Gasteiger charge is -2.01. The normalized spacial score (nSPS) is 11.4. The summed E-state index contributed by atoms with van der Waals surface area (Å²) in [6.45, 7) is 0.164. The molecule has 3 aromatic rings. The van der Waals surface area contributed by atoms with E-state index in [1.54, 1.807) is 24.3 Å². The molecule has 3 rings (SSSR count). The van der Waals surface area contributed by atoms with Crippen LogP contribution < -0.4 is 5.73 Å². The summed E-state index contributed by atoms with van der Waals surface area (Å²) in [6.07, 6.45) is 1.54. The largest absolute Gasteiger partial charge is 0.444 e. The van der Waals surface area contributed by atoms with Crippen LogP contribution in [0.15, 0.2) is 70.4 Å². The SMILES string of the molecule is N/C(=N\OCc1coc(-c2ccccc2)n1)c1cccc(Cl)c1. The molecule has 1 aromatic heterocycles. The van der Waals surface area contributed by atoms with Gasteiger partial charge in [-0.1, -0.05) is 47.1 Å². The fraction of sp³-hybridized carbons (Fsp3) is 0.0588. The van der Waals surface area contributed by atoms with E-state index >= 15 is 0 Å². The maximum atomic E-state index is 5.91. The van der Waals surface area contributed by atoms with Crippen LogP contribution in [0.4, 0.5) is 0 Å². The monoisotopic (exact) mass is 327 g/mol.